The maximum Gasteiger partial charge on any atom is 0.414 e. The molecular weight excluding hydrogens is 388 g/mol. The molecule has 7 rings (SSSR count). The predicted molar refractivity (Wildman–Crippen MR) is 107 cm³/mol. The molecule has 10 nitrogen and oxygen atoms in total. The van der Waals surface area contributed by atoms with Gasteiger partial charge in [0.2, 0.25) is 0 Å². The minimum Gasteiger partial charge on any atom is -0.438 e. The smallest absolute Gasteiger partial charge is 0.414 e. The van der Waals surface area contributed by atoms with Gasteiger partial charge in [-0.3, -0.25) is 14.2 Å². The number of rotatable bonds is 4. The van der Waals surface area contributed by atoms with Crippen molar-refractivity contribution < 1.29 is 23.5 Å². The Kier molecular flexibility index (Phi) is 4.26. The van der Waals surface area contributed by atoms with Gasteiger partial charge in [0.1, 0.15) is 33.2 Å². The van der Waals surface area contributed by atoms with Gasteiger partial charge in [0.05, 0.1) is 33.2 Å². The molecule has 1 aromatic carbocycles. The first kappa shape index (κ1) is 18.5. The lowest BCUT2D eigenvalue weighted by Crippen LogP contribution is -2.80. The number of anilines is 2. The van der Waals surface area contributed by atoms with Crippen LogP contribution < -0.4 is 9.80 Å². The number of hydrogen-bond donors (Lipinski definition) is 0. The molecule has 0 spiro atoms. The highest BCUT2D eigenvalue weighted by Gasteiger charge is 2.51. The standard InChI is InChI=1S/C20H27N6O4/c27-19-9-29-6-5-24(19)16-1-3-17(4-2-16)25-7-18(30-20(25)28)8-26-13-21-10-22(14-26)12-23(11-21)15-26/h1-4,18H,5-15H2/q+1/t18-/m1/s1. The largest absolute Gasteiger partial charge is 0.438 e. The number of carbonyl (C=O) groups excluding carboxylic acids is 2. The minimum absolute atomic E-state index is 0.0368. The predicted octanol–water partition coefficient (Wildman–Crippen LogP) is -0.116. The first-order valence-electron chi connectivity index (χ1n) is 10.6. The Morgan fingerprint density at radius 1 is 0.900 bits per heavy atom. The average Bonchev–Trinajstić information content (AvgIpc) is 3.07. The van der Waals surface area contributed by atoms with Crippen LogP contribution in [0.2, 0.25) is 0 Å². The van der Waals surface area contributed by atoms with E-state index in [2.05, 4.69) is 14.7 Å². The third-order valence-corrected chi connectivity index (χ3v) is 6.62. The first-order valence-corrected chi connectivity index (χ1v) is 10.6. The third kappa shape index (κ3) is 3.15. The molecule has 6 aliphatic heterocycles. The van der Waals surface area contributed by atoms with Crippen LogP contribution in [0.5, 0.6) is 0 Å². The summed E-state index contributed by atoms with van der Waals surface area (Å²) in [5.41, 5.74) is 1.64. The summed E-state index contributed by atoms with van der Waals surface area (Å²) in [6.45, 7) is 8.85. The van der Waals surface area contributed by atoms with E-state index in [1.54, 1.807) is 9.80 Å². The number of cyclic esters (lactones) is 1. The molecule has 0 N–H and O–H groups in total. The molecule has 0 unspecified atom stereocenters. The van der Waals surface area contributed by atoms with E-state index >= 15 is 0 Å². The zero-order valence-corrected chi connectivity index (χ0v) is 17.0. The molecule has 2 amide bonds. The second kappa shape index (κ2) is 6.89. The van der Waals surface area contributed by atoms with E-state index in [1.807, 2.05) is 24.3 Å². The van der Waals surface area contributed by atoms with Gasteiger partial charge in [0.15, 0.2) is 6.10 Å². The van der Waals surface area contributed by atoms with Gasteiger partial charge in [-0.25, -0.2) is 19.5 Å². The Morgan fingerprint density at radius 3 is 2.10 bits per heavy atom. The maximum atomic E-state index is 12.6. The Bertz CT molecular complexity index is 826. The van der Waals surface area contributed by atoms with Crippen molar-refractivity contribution in [3.05, 3.63) is 24.3 Å². The van der Waals surface area contributed by atoms with Crippen LogP contribution in [-0.2, 0) is 14.3 Å². The summed E-state index contributed by atoms with van der Waals surface area (Å²) in [6, 6.07) is 7.57. The maximum absolute atomic E-state index is 12.6. The number of morpholine rings is 1. The van der Waals surface area contributed by atoms with E-state index in [-0.39, 0.29) is 24.7 Å². The molecule has 10 heteroatoms. The summed E-state index contributed by atoms with van der Waals surface area (Å²) in [5.74, 6) is -0.0368. The van der Waals surface area contributed by atoms with Gasteiger partial charge in [0.25, 0.3) is 5.91 Å². The molecule has 6 fully saturated rings. The topological polar surface area (TPSA) is 68.8 Å². The Labute approximate surface area is 175 Å². The zero-order chi connectivity index (χ0) is 20.3. The number of nitrogens with zero attached hydrogens (tertiary/aromatic N) is 6. The summed E-state index contributed by atoms with van der Waals surface area (Å²) in [5, 5.41) is 0. The Morgan fingerprint density at radius 2 is 1.50 bits per heavy atom. The molecule has 6 aliphatic rings. The molecular formula is C20H27N6O4+. The molecule has 1 atom stereocenters. The van der Waals surface area contributed by atoms with Crippen LogP contribution in [0.3, 0.4) is 0 Å². The molecule has 1 aromatic rings. The second-order valence-electron chi connectivity index (χ2n) is 9.12. The van der Waals surface area contributed by atoms with Crippen molar-refractivity contribution in [2.24, 2.45) is 0 Å². The van der Waals surface area contributed by atoms with Crippen molar-refractivity contribution in [3.8, 4) is 0 Å². The Hall–Kier alpha value is -2.24. The van der Waals surface area contributed by atoms with E-state index in [0.717, 1.165) is 62.4 Å². The van der Waals surface area contributed by atoms with Crippen molar-refractivity contribution in [3.63, 3.8) is 0 Å². The van der Waals surface area contributed by atoms with Crippen molar-refractivity contribution in [2.45, 2.75) is 6.10 Å². The minimum atomic E-state index is -0.287. The lowest BCUT2D eigenvalue weighted by Gasteiger charge is -2.61. The SMILES string of the molecule is O=C1COCCN1c1ccc(N2C[C@H](C[N+]34CN5CN(CN(C5)C3)C4)OC2=O)cc1. The van der Waals surface area contributed by atoms with Crippen LogP contribution in [0.15, 0.2) is 24.3 Å². The van der Waals surface area contributed by atoms with Crippen LogP contribution in [0.1, 0.15) is 0 Å². The van der Waals surface area contributed by atoms with Gasteiger partial charge in [-0.1, -0.05) is 0 Å². The van der Waals surface area contributed by atoms with E-state index in [1.165, 1.54) is 0 Å². The van der Waals surface area contributed by atoms with Gasteiger partial charge in [-0.05, 0) is 24.3 Å². The summed E-state index contributed by atoms with van der Waals surface area (Å²) >= 11 is 0. The zero-order valence-electron chi connectivity index (χ0n) is 17.0. The summed E-state index contributed by atoms with van der Waals surface area (Å²) < 4.78 is 11.9. The Balaban J connectivity index is 1.14. The lowest BCUT2D eigenvalue weighted by atomic mass is 10.2. The third-order valence-electron chi connectivity index (χ3n) is 6.62. The van der Waals surface area contributed by atoms with E-state index in [4.69, 9.17) is 9.47 Å². The van der Waals surface area contributed by atoms with Crippen LogP contribution >= 0.6 is 0 Å². The molecule has 160 valence electrons. The van der Waals surface area contributed by atoms with Gasteiger partial charge in [-0.15, -0.1) is 0 Å². The molecule has 30 heavy (non-hydrogen) atoms. The van der Waals surface area contributed by atoms with E-state index in [9.17, 15) is 9.59 Å². The molecule has 0 saturated carbocycles. The van der Waals surface area contributed by atoms with Gasteiger partial charge in [-0.2, -0.15) is 0 Å². The second-order valence-corrected chi connectivity index (χ2v) is 9.12. The fourth-order valence-electron chi connectivity index (χ4n) is 5.69. The van der Waals surface area contributed by atoms with Crippen LogP contribution in [0.4, 0.5) is 16.2 Å². The molecule has 0 aliphatic carbocycles. The summed E-state index contributed by atoms with van der Waals surface area (Å²) in [4.78, 5) is 35.5. The quantitative estimate of drug-likeness (QED) is 0.636. The fraction of sp³-hybridized carbons (Fsp3) is 0.600. The number of amides is 2. The molecule has 6 saturated heterocycles. The molecule has 4 bridgehead atoms. The van der Waals surface area contributed by atoms with Crippen LogP contribution in [-0.4, -0.2) is 110 Å². The normalized spacial score (nSPS) is 37.7. The fourth-order valence-corrected chi connectivity index (χ4v) is 5.69. The number of quaternary nitrogens is 1. The lowest BCUT2D eigenvalue weighted by molar-refractivity contribution is -0.981. The number of carbonyl (C=O) groups is 2. The first-order chi connectivity index (χ1) is 14.6. The average molecular weight is 415 g/mol. The van der Waals surface area contributed by atoms with Gasteiger partial charge < -0.3 is 14.4 Å². The highest BCUT2D eigenvalue weighted by atomic mass is 16.6. The summed E-state index contributed by atoms with van der Waals surface area (Å²) in [6.07, 6.45) is -0.400. The van der Waals surface area contributed by atoms with Crippen LogP contribution in [0.25, 0.3) is 0 Å². The van der Waals surface area contributed by atoms with Crippen molar-refractivity contribution >= 4 is 23.4 Å². The molecule has 0 radical (unpaired) electrons. The summed E-state index contributed by atoms with van der Waals surface area (Å²) in [7, 11) is 0. The highest BCUT2D eigenvalue weighted by Crippen LogP contribution is 2.31. The monoisotopic (exact) mass is 415 g/mol. The number of benzene rings is 1. The number of hydrogen-bond acceptors (Lipinski definition) is 7. The van der Waals surface area contributed by atoms with Crippen molar-refractivity contribution in [1.82, 2.24) is 14.7 Å². The van der Waals surface area contributed by atoms with Gasteiger partial charge in [0, 0.05) is 17.9 Å². The van der Waals surface area contributed by atoms with E-state index in [0.29, 0.717) is 19.7 Å². The number of ether oxygens (including phenoxy) is 2. The van der Waals surface area contributed by atoms with Gasteiger partial charge >= 0.3 is 6.09 Å². The molecule has 6 heterocycles. The van der Waals surface area contributed by atoms with Crippen molar-refractivity contribution in [2.75, 3.05) is 82.7 Å². The molecule has 0 aromatic heterocycles. The van der Waals surface area contributed by atoms with E-state index < -0.39 is 0 Å². The van der Waals surface area contributed by atoms with Crippen LogP contribution in [0, 0.1) is 0 Å². The highest BCUT2D eigenvalue weighted by molar-refractivity contribution is 5.95. The van der Waals surface area contributed by atoms with Crippen molar-refractivity contribution in [1.29, 1.82) is 0 Å².